The number of benzene rings is 10. The van der Waals surface area contributed by atoms with E-state index in [1.165, 1.54) is 43.3 Å². The van der Waals surface area contributed by atoms with E-state index >= 15 is 0 Å². The van der Waals surface area contributed by atoms with E-state index in [1.54, 1.807) is 0 Å². The van der Waals surface area contributed by atoms with E-state index in [9.17, 15) is 0 Å². The zero-order valence-electron chi connectivity index (χ0n) is 32.5. The molecule has 0 aliphatic rings. The first kappa shape index (κ1) is 34.1. The van der Waals surface area contributed by atoms with Gasteiger partial charge in [0.15, 0.2) is 5.82 Å². The predicted octanol–water partition coefficient (Wildman–Crippen LogP) is 15.1. The van der Waals surface area contributed by atoms with Crippen molar-refractivity contribution in [1.29, 1.82) is 0 Å². The molecule has 0 atom stereocenters. The number of para-hydroxylation sites is 2. The van der Waals surface area contributed by atoms with Crippen molar-refractivity contribution in [2.24, 2.45) is 0 Å². The topological polar surface area (TPSA) is 38.7 Å². The molecule has 0 radical (unpaired) electrons. The molecule has 60 heavy (non-hydrogen) atoms. The third-order valence-corrected chi connectivity index (χ3v) is 12.0. The molecule has 12 aromatic rings. The zero-order valence-corrected chi connectivity index (χ0v) is 32.5. The SMILES string of the molecule is c1cc(-c2cccc(-c3cc4c(-c5ccc6ccccc6c5)nc5ccccc5c4c4ccccc34)c2)cc(-c2nc(-c3ccc4ccccc4c3)c3ccccc3n2)c1. The Labute approximate surface area is 346 Å². The van der Waals surface area contributed by atoms with Gasteiger partial charge in [-0.15, -0.1) is 0 Å². The van der Waals surface area contributed by atoms with Crippen molar-refractivity contribution in [2.75, 3.05) is 0 Å². The van der Waals surface area contributed by atoms with Crippen molar-refractivity contribution >= 4 is 64.9 Å². The van der Waals surface area contributed by atoms with Crippen LogP contribution in [0.15, 0.2) is 212 Å². The minimum atomic E-state index is 0.705. The molecule has 0 N–H and O–H groups in total. The average molecular weight is 762 g/mol. The van der Waals surface area contributed by atoms with Gasteiger partial charge >= 0.3 is 0 Å². The van der Waals surface area contributed by atoms with Gasteiger partial charge in [-0.25, -0.2) is 15.0 Å². The second-order valence-electron chi connectivity index (χ2n) is 15.6. The zero-order chi connectivity index (χ0) is 39.6. The molecule has 10 aromatic carbocycles. The number of hydrogen-bond donors (Lipinski definition) is 0. The van der Waals surface area contributed by atoms with Gasteiger partial charge in [0.05, 0.1) is 22.4 Å². The van der Waals surface area contributed by atoms with Crippen molar-refractivity contribution in [3.8, 4) is 56.2 Å². The highest BCUT2D eigenvalue weighted by atomic mass is 14.9. The maximum Gasteiger partial charge on any atom is 0.160 e. The van der Waals surface area contributed by atoms with Crippen LogP contribution in [0.4, 0.5) is 0 Å². The highest BCUT2D eigenvalue weighted by molar-refractivity contribution is 6.25. The fourth-order valence-corrected chi connectivity index (χ4v) is 9.08. The molecule has 2 heterocycles. The van der Waals surface area contributed by atoms with Gasteiger partial charge in [0.1, 0.15) is 0 Å². The lowest BCUT2D eigenvalue weighted by molar-refractivity contribution is 1.23. The molecule has 3 nitrogen and oxygen atoms in total. The van der Waals surface area contributed by atoms with Gasteiger partial charge in [-0.2, -0.15) is 0 Å². The molecule has 278 valence electrons. The lowest BCUT2D eigenvalue weighted by Crippen LogP contribution is -1.95. The maximum atomic E-state index is 5.37. The number of aromatic nitrogens is 3. The molecule has 0 aliphatic carbocycles. The van der Waals surface area contributed by atoms with Crippen LogP contribution in [0.1, 0.15) is 0 Å². The summed E-state index contributed by atoms with van der Waals surface area (Å²) >= 11 is 0. The Morgan fingerprint density at radius 1 is 0.250 bits per heavy atom. The fourth-order valence-electron chi connectivity index (χ4n) is 9.08. The summed E-state index contributed by atoms with van der Waals surface area (Å²) in [7, 11) is 0. The fraction of sp³-hybridized carbons (Fsp3) is 0. The van der Waals surface area contributed by atoms with Gasteiger partial charge in [0.25, 0.3) is 0 Å². The molecule has 0 fully saturated rings. The maximum absolute atomic E-state index is 5.37. The standard InChI is InChI=1S/C57H35N3/c1-3-15-38-32-43(29-27-36(38)13-1)55-49-24-8-10-26-53(49)59-57(60-55)45-20-12-18-41(34-45)40-17-11-19-42(31-40)50-35-51-54(47-22-6-5-21-46(47)50)48-23-7-9-25-52(48)58-56(51)44-30-28-37-14-2-4-16-39(37)33-44/h1-35H. The quantitative estimate of drug-likeness (QED) is 0.164. The summed E-state index contributed by atoms with van der Waals surface area (Å²) in [6.07, 6.45) is 0. The van der Waals surface area contributed by atoms with E-state index < -0.39 is 0 Å². The largest absolute Gasteiger partial charge is 0.247 e. The summed E-state index contributed by atoms with van der Waals surface area (Å²) < 4.78 is 0. The lowest BCUT2D eigenvalue weighted by Gasteiger charge is -2.17. The van der Waals surface area contributed by atoms with Crippen LogP contribution in [0.3, 0.4) is 0 Å². The van der Waals surface area contributed by atoms with Crippen molar-refractivity contribution in [2.45, 2.75) is 0 Å². The van der Waals surface area contributed by atoms with E-state index in [2.05, 4.69) is 206 Å². The van der Waals surface area contributed by atoms with Crippen LogP contribution in [0.5, 0.6) is 0 Å². The highest BCUT2D eigenvalue weighted by Crippen LogP contribution is 2.43. The smallest absolute Gasteiger partial charge is 0.160 e. The first-order valence-electron chi connectivity index (χ1n) is 20.4. The Morgan fingerprint density at radius 2 is 0.750 bits per heavy atom. The Bertz CT molecular complexity index is 3680. The van der Waals surface area contributed by atoms with Crippen LogP contribution in [0.25, 0.3) is 121 Å². The van der Waals surface area contributed by atoms with Gasteiger partial charge in [-0.1, -0.05) is 170 Å². The summed E-state index contributed by atoms with van der Waals surface area (Å²) in [6.45, 7) is 0. The van der Waals surface area contributed by atoms with E-state index in [-0.39, 0.29) is 0 Å². The summed E-state index contributed by atoms with van der Waals surface area (Å²) in [5.74, 6) is 0.705. The van der Waals surface area contributed by atoms with Crippen LogP contribution in [-0.4, -0.2) is 15.0 Å². The first-order valence-corrected chi connectivity index (χ1v) is 20.4. The summed E-state index contributed by atoms with van der Waals surface area (Å²) in [5.41, 5.74) is 11.5. The molecule has 3 heteroatoms. The Balaban J connectivity index is 1.01. The predicted molar refractivity (Wildman–Crippen MR) is 252 cm³/mol. The van der Waals surface area contributed by atoms with Gasteiger partial charge in [-0.05, 0) is 97.0 Å². The van der Waals surface area contributed by atoms with E-state index in [4.69, 9.17) is 15.0 Å². The van der Waals surface area contributed by atoms with Gasteiger partial charge in [0.2, 0.25) is 0 Å². The van der Waals surface area contributed by atoms with E-state index in [0.717, 1.165) is 72.0 Å². The molecule has 0 saturated heterocycles. The number of rotatable bonds is 5. The summed E-state index contributed by atoms with van der Waals surface area (Å²) in [5, 5.41) is 11.8. The van der Waals surface area contributed by atoms with Crippen LogP contribution in [0.2, 0.25) is 0 Å². The molecule has 0 unspecified atom stereocenters. The van der Waals surface area contributed by atoms with Crippen molar-refractivity contribution in [1.82, 2.24) is 15.0 Å². The van der Waals surface area contributed by atoms with Gasteiger partial charge in [0, 0.05) is 38.2 Å². The van der Waals surface area contributed by atoms with E-state index in [1.807, 2.05) is 6.07 Å². The van der Waals surface area contributed by atoms with Gasteiger partial charge < -0.3 is 0 Å². The molecular weight excluding hydrogens is 727 g/mol. The summed E-state index contributed by atoms with van der Waals surface area (Å²) in [4.78, 5) is 15.7. The second-order valence-corrected chi connectivity index (χ2v) is 15.6. The monoisotopic (exact) mass is 761 g/mol. The van der Waals surface area contributed by atoms with Gasteiger partial charge in [-0.3, -0.25) is 0 Å². The molecule has 2 aromatic heterocycles. The first-order chi connectivity index (χ1) is 29.7. The number of hydrogen-bond acceptors (Lipinski definition) is 3. The molecule has 12 rings (SSSR count). The molecule has 0 saturated carbocycles. The normalized spacial score (nSPS) is 11.7. The van der Waals surface area contributed by atoms with Crippen LogP contribution in [0, 0.1) is 0 Å². The third kappa shape index (κ3) is 5.71. The molecule has 0 spiro atoms. The number of fused-ring (bicyclic) bond motifs is 8. The van der Waals surface area contributed by atoms with Crippen LogP contribution < -0.4 is 0 Å². The highest BCUT2D eigenvalue weighted by Gasteiger charge is 2.18. The van der Waals surface area contributed by atoms with E-state index in [0.29, 0.717) is 5.82 Å². The minimum Gasteiger partial charge on any atom is -0.247 e. The minimum absolute atomic E-state index is 0.705. The number of pyridine rings is 1. The Hall–Kier alpha value is -8.01. The van der Waals surface area contributed by atoms with Crippen LogP contribution in [-0.2, 0) is 0 Å². The average Bonchev–Trinajstić information content (AvgIpc) is 3.32. The molecule has 0 aliphatic heterocycles. The third-order valence-electron chi connectivity index (χ3n) is 12.0. The second kappa shape index (κ2) is 13.8. The van der Waals surface area contributed by atoms with Crippen molar-refractivity contribution in [3.63, 3.8) is 0 Å². The molecular formula is C57H35N3. The summed E-state index contributed by atoms with van der Waals surface area (Å²) in [6, 6.07) is 75.9. The molecule has 0 bridgehead atoms. The number of nitrogens with zero attached hydrogens (tertiary/aromatic N) is 3. The molecule has 0 amide bonds. The lowest BCUT2D eigenvalue weighted by atomic mass is 9.89. The Morgan fingerprint density at radius 3 is 1.43 bits per heavy atom. The van der Waals surface area contributed by atoms with Crippen molar-refractivity contribution in [3.05, 3.63) is 212 Å². The van der Waals surface area contributed by atoms with Crippen LogP contribution >= 0.6 is 0 Å². The van der Waals surface area contributed by atoms with Crippen molar-refractivity contribution < 1.29 is 0 Å². The Kier molecular flexibility index (Phi) is 7.85.